The number of likely N-dealkylation sites (tertiary alicyclic amines) is 1. The number of amides is 1. The summed E-state index contributed by atoms with van der Waals surface area (Å²) < 4.78 is 5.04. The molecule has 0 radical (unpaired) electrons. The van der Waals surface area contributed by atoms with Crippen LogP contribution in [0.4, 0.5) is 0 Å². The van der Waals surface area contributed by atoms with Gasteiger partial charge < -0.3 is 14.5 Å². The molecule has 1 N–H and O–H groups in total. The fraction of sp³-hybridized carbons (Fsp3) is 0.714. The lowest BCUT2D eigenvalue weighted by atomic mass is 10.1. The summed E-state index contributed by atoms with van der Waals surface area (Å²) in [7, 11) is 3.76. The topological polar surface area (TPSA) is 61.5 Å². The predicted octanol–water partition coefficient (Wildman–Crippen LogP) is 0.645. The number of nitrogens with zero attached hydrogens (tertiary/aromatic N) is 3. The molecule has 20 heavy (non-hydrogen) atoms. The zero-order valence-corrected chi connectivity index (χ0v) is 12.6. The van der Waals surface area contributed by atoms with Crippen molar-refractivity contribution in [1.82, 2.24) is 20.0 Å². The first-order valence-corrected chi connectivity index (χ1v) is 7.04. The number of nitrogens with one attached hydrogen (secondary N) is 1. The molecule has 1 unspecified atom stereocenters. The Morgan fingerprint density at radius 2 is 2.40 bits per heavy atom. The normalized spacial score (nSPS) is 19.3. The number of rotatable bonds is 7. The molecule has 1 aliphatic heterocycles. The summed E-state index contributed by atoms with van der Waals surface area (Å²) in [6.07, 6.45) is 2.52. The van der Waals surface area contributed by atoms with Gasteiger partial charge in [0.15, 0.2) is 0 Å². The van der Waals surface area contributed by atoms with Gasteiger partial charge in [-0.3, -0.25) is 9.89 Å². The van der Waals surface area contributed by atoms with E-state index in [1.54, 1.807) is 7.11 Å². The van der Waals surface area contributed by atoms with Gasteiger partial charge in [-0.05, 0) is 19.9 Å². The molecular formula is C14H24N4O2. The van der Waals surface area contributed by atoms with Gasteiger partial charge in [-0.2, -0.15) is 5.10 Å². The van der Waals surface area contributed by atoms with Gasteiger partial charge in [0, 0.05) is 51.0 Å². The van der Waals surface area contributed by atoms with E-state index in [0.29, 0.717) is 25.5 Å². The maximum Gasteiger partial charge on any atom is 0.223 e. The van der Waals surface area contributed by atoms with E-state index in [-0.39, 0.29) is 5.91 Å². The van der Waals surface area contributed by atoms with Crippen LogP contribution in [0.25, 0.3) is 0 Å². The number of carbonyl (C=O) groups excluding carboxylic acids is 1. The summed E-state index contributed by atoms with van der Waals surface area (Å²) in [4.78, 5) is 16.0. The average Bonchev–Trinajstić information content (AvgIpc) is 2.94. The molecule has 6 heteroatoms. The van der Waals surface area contributed by atoms with Crippen LogP contribution >= 0.6 is 0 Å². The first-order chi connectivity index (χ1) is 9.60. The minimum Gasteiger partial charge on any atom is -0.383 e. The third-order valence-electron chi connectivity index (χ3n) is 3.80. The zero-order valence-electron chi connectivity index (χ0n) is 12.6. The van der Waals surface area contributed by atoms with Crippen molar-refractivity contribution in [3.05, 3.63) is 17.5 Å². The van der Waals surface area contributed by atoms with E-state index < -0.39 is 0 Å². The molecule has 0 saturated carbocycles. The Bertz CT molecular complexity index is 446. The molecule has 1 aromatic rings. The fourth-order valence-electron chi connectivity index (χ4n) is 2.73. The fourth-order valence-corrected chi connectivity index (χ4v) is 2.73. The Morgan fingerprint density at radius 1 is 1.60 bits per heavy atom. The SMILES string of the molecule is COCCN1CC(CN(C)Cc2cn[nH]c2C)CC1=O. The third kappa shape index (κ3) is 3.80. The number of hydrogen-bond acceptors (Lipinski definition) is 4. The van der Waals surface area contributed by atoms with Crippen molar-refractivity contribution in [3.63, 3.8) is 0 Å². The minimum atomic E-state index is 0.250. The molecule has 2 rings (SSSR count). The number of aromatic nitrogens is 2. The molecule has 1 fully saturated rings. The molecule has 0 bridgehead atoms. The third-order valence-corrected chi connectivity index (χ3v) is 3.80. The average molecular weight is 280 g/mol. The van der Waals surface area contributed by atoms with Crippen molar-refractivity contribution in [2.75, 3.05) is 40.4 Å². The van der Waals surface area contributed by atoms with Crippen molar-refractivity contribution in [2.24, 2.45) is 5.92 Å². The van der Waals surface area contributed by atoms with E-state index in [4.69, 9.17) is 4.74 Å². The van der Waals surface area contributed by atoms with Crippen molar-refractivity contribution >= 4 is 5.91 Å². The van der Waals surface area contributed by atoms with Crippen LogP contribution in [-0.2, 0) is 16.1 Å². The maximum absolute atomic E-state index is 11.9. The molecular weight excluding hydrogens is 256 g/mol. The molecule has 1 atom stereocenters. The first-order valence-electron chi connectivity index (χ1n) is 7.04. The molecule has 1 aliphatic rings. The molecule has 0 aliphatic carbocycles. The predicted molar refractivity (Wildman–Crippen MR) is 76.2 cm³/mol. The lowest BCUT2D eigenvalue weighted by Crippen LogP contribution is -2.31. The summed E-state index contributed by atoms with van der Waals surface area (Å²) in [5.41, 5.74) is 2.33. The van der Waals surface area contributed by atoms with Gasteiger partial charge >= 0.3 is 0 Å². The van der Waals surface area contributed by atoms with E-state index in [9.17, 15) is 4.79 Å². The summed E-state index contributed by atoms with van der Waals surface area (Å²) in [5, 5.41) is 6.99. The number of aromatic amines is 1. The van der Waals surface area contributed by atoms with Crippen molar-refractivity contribution in [3.8, 4) is 0 Å². The monoisotopic (exact) mass is 280 g/mol. The maximum atomic E-state index is 11.9. The van der Waals surface area contributed by atoms with Crippen LogP contribution in [0.5, 0.6) is 0 Å². The quantitative estimate of drug-likeness (QED) is 0.796. The Morgan fingerprint density at radius 3 is 3.05 bits per heavy atom. The lowest BCUT2D eigenvalue weighted by Gasteiger charge is -2.21. The van der Waals surface area contributed by atoms with Gasteiger partial charge in [0.1, 0.15) is 0 Å². The summed E-state index contributed by atoms with van der Waals surface area (Å²) in [6.45, 7) is 5.99. The summed E-state index contributed by atoms with van der Waals surface area (Å²) in [5.74, 6) is 0.663. The van der Waals surface area contributed by atoms with E-state index in [1.165, 1.54) is 5.56 Å². The van der Waals surface area contributed by atoms with Crippen LogP contribution in [0.1, 0.15) is 17.7 Å². The largest absolute Gasteiger partial charge is 0.383 e. The van der Waals surface area contributed by atoms with E-state index in [2.05, 4.69) is 22.1 Å². The van der Waals surface area contributed by atoms with Gasteiger partial charge in [0.05, 0.1) is 12.8 Å². The second-order valence-corrected chi connectivity index (χ2v) is 5.62. The molecule has 0 spiro atoms. The Labute approximate surface area is 120 Å². The van der Waals surface area contributed by atoms with Crippen LogP contribution in [0.3, 0.4) is 0 Å². The van der Waals surface area contributed by atoms with Gasteiger partial charge in [-0.15, -0.1) is 0 Å². The number of hydrogen-bond donors (Lipinski definition) is 1. The van der Waals surface area contributed by atoms with Crippen LogP contribution in [0, 0.1) is 12.8 Å². The second kappa shape index (κ2) is 6.85. The highest BCUT2D eigenvalue weighted by Crippen LogP contribution is 2.19. The highest BCUT2D eigenvalue weighted by atomic mass is 16.5. The minimum absolute atomic E-state index is 0.250. The molecule has 1 amide bonds. The lowest BCUT2D eigenvalue weighted by molar-refractivity contribution is -0.128. The van der Waals surface area contributed by atoms with Gasteiger partial charge in [0.25, 0.3) is 0 Å². The molecule has 1 saturated heterocycles. The molecule has 2 heterocycles. The van der Waals surface area contributed by atoms with Gasteiger partial charge in [-0.1, -0.05) is 0 Å². The summed E-state index contributed by atoms with van der Waals surface area (Å²) >= 11 is 0. The highest BCUT2D eigenvalue weighted by molar-refractivity contribution is 5.78. The van der Waals surface area contributed by atoms with Crippen LogP contribution < -0.4 is 0 Å². The number of ether oxygens (including phenoxy) is 1. The van der Waals surface area contributed by atoms with Crippen molar-refractivity contribution in [1.29, 1.82) is 0 Å². The number of aryl methyl sites for hydroxylation is 1. The van der Waals surface area contributed by atoms with Crippen LogP contribution in [-0.4, -0.2) is 66.3 Å². The smallest absolute Gasteiger partial charge is 0.223 e. The second-order valence-electron chi connectivity index (χ2n) is 5.62. The molecule has 0 aromatic carbocycles. The van der Waals surface area contributed by atoms with Gasteiger partial charge in [-0.25, -0.2) is 0 Å². The zero-order chi connectivity index (χ0) is 14.5. The standard InChI is InChI=1S/C14H24N4O2/c1-11-13(7-15-16-11)10-17(2)8-12-6-14(19)18(9-12)4-5-20-3/h7,12H,4-6,8-10H2,1-3H3,(H,15,16). The van der Waals surface area contributed by atoms with Crippen LogP contribution in [0.2, 0.25) is 0 Å². The van der Waals surface area contributed by atoms with Gasteiger partial charge in [0.2, 0.25) is 5.91 Å². The Kier molecular flexibility index (Phi) is 5.14. The van der Waals surface area contributed by atoms with Crippen LogP contribution in [0.15, 0.2) is 6.20 Å². The number of H-pyrrole nitrogens is 1. The van der Waals surface area contributed by atoms with E-state index in [1.807, 2.05) is 18.0 Å². The Hall–Kier alpha value is -1.40. The number of methoxy groups -OCH3 is 1. The molecule has 1 aromatic heterocycles. The highest BCUT2D eigenvalue weighted by Gasteiger charge is 2.29. The van der Waals surface area contributed by atoms with Crippen molar-refractivity contribution < 1.29 is 9.53 Å². The Balaban J connectivity index is 1.79. The first kappa shape index (κ1) is 15.0. The van der Waals surface area contributed by atoms with E-state index >= 15 is 0 Å². The van der Waals surface area contributed by atoms with E-state index in [0.717, 1.165) is 25.3 Å². The summed E-state index contributed by atoms with van der Waals surface area (Å²) in [6, 6.07) is 0. The molecule has 6 nitrogen and oxygen atoms in total. The van der Waals surface area contributed by atoms with Crippen molar-refractivity contribution in [2.45, 2.75) is 19.9 Å². The number of carbonyl (C=O) groups is 1. The molecule has 112 valence electrons.